The summed E-state index contributed by atoms with van der Waals surface area (Å²) in [5.41, 5.74) is 2.75. The molecule has 1 atom stereocenters. The topological polar surface area (TPSA) is 60.4 Å². The average Bonchev–Trinajstić information content (AvgIpc) is 3.28. The van der Waals surface area contributed by atoms with Crippen molar-refractivity contribution in [2.24, 2.45) is 10.9 Å². The summed E-state index contributed by atoms with van der Waals surface area (Å²) in [5.74, 6) is 1.96. The van der Waals surface area contributed by atoms with E-state index in [4.69, 9.17) is 4.74 Å². The molecule has 3 rings (SSSR count). The molecule has 0 aromatic heterocycles. The van der Waals surface area contributed by atoms with Crippen molar-refractivity contribution >= 4 is 35.8 Å². The van der Waals surface area contributed by atoms with Crippen LogP contribution in [0.1, 0.15) is 37.3 Å². The first-order chi connectivity index (χ1) is 14.9. The van der Waals surface area contributed by atoms with Crippen molar-refractivity contribution in [3.63, 3.8) is 0 Å². The Morgan fingerprint density at radius 3 is 2.44 bits per heavy atom. The van der Waals surface area contributed by atoms with Crippen LogP contribution in [-0.2, 0) is 16.1 Å². The van der Waals surface area contributed by atoms with E-state index in [2.05, 4.69) is 58.2 Å². The molecule has 0 aliphatic carbocycles. The molecule has 2 saturated heterocycles. The van der Waals surface area contributed by atoms with Gasteiger partial charge in [-0.05, 0) is 23.5 Å². The van der Waals surface area contributed by atoms with Gasteiger partial charge in [-0.15, -0.1) is 24.0 Å². The summed E-state index contributed by atoms with van der Waals surface area (Å²) >= 11 is 0. The molecule has 2 aliphatic heterocycles. The highest BCUT2D eigenvalue weighted by Crippen LogP contribution is 2.16. The monoisotopic (exact) mass is 557 g/mol. The van der Waals surface area contributed by atoms with Crippen LogP contribution in [0.5, 0.6) is 0 Å². The molecule has 0 radical (unpaired) electrons. The lowest BCUT2D eigenvalue weighted by molar-refractivity contribution is -0.127. The number of nitrogens with one attached hydrogen (secondary N) is 1. The standard InChI is InChI=1S/C24H39N5O2.HI/c1-19(2)22-7-5-20(6-8-22)17-28-10-12-29(13-11-28)24(26-16-23(30)27(3)4)25-15-21-9-14-31-18-21;/h5-8,19,21H,9-18H2,1-4H3,(H,25,26);1H. The highest BCUT2D eigenvalue weighted by molar-refractivity contribution is 14.0. The van der Waals surface area contributed by atoms with Gasteiger partial charge in [0.05, 0.1) is 6.61 Å². The Morgan fingerprint density at radius 2 is 1.88 bits per heavy atom. The maximum Gasteiger partial charge on any atom is 0.243 e. The summed E-state index contributed by atoms with van der Waals surface area (Å²) in [6.45, 7) is 11.9. The number of likely N-dealkylation sites (N-methyl/N-ethyl adjacent to an activating group) is 1. The van der Waals surface area contributed by atoms with E-state index in [0.717, 1.165) is 64.9 Å². The molecule has 7 nitrogen and oxygen atoms in total. The quantitative estimate of drug-likeness (QED) is 0.318. The molecule has 32 heavy (non-hydrogen) atoms. The van der Waals surface area contributed by atoms with Crippen LogP contribution in [0.3, 0.4) is 0 Å². The SMILES string of the molecule is CC(C)c1ccc(CN2CCN(C(=NCC(=O)N(C)C)NCC3CCOC3)CC2)cc1.I. The minimum absolute atomic E-state index is 0. The molecule has 1 aromatic rings. The minimum atomic E-state index is 0. The molecule has 1 N–H and O–H groups in total. The number of amides is 1. The normalized spacial score (nSPS) is 19.7. The number of guanidine groups is 1. The van der Waals surface area contributed by atoms with Gasteiger partial charge in [-0.1, -0.05) is 38.1 Å². The number of benzene rings is 1. The van der Waals surface area contributed by atoms with E-state index in [1.54, 1.807) is 19.0 Å². The number of ether oxygens (including phenoxy) is 1. The maximum atomic E-state index is 12.1. The van der Waals surface area contributed by atoms with E-state index in [0.29, 0.717) is 11.8 Å². The van der Waals surface area contributed by atoms with Crippen molar-refractivity contribution < 1.29 is 9.53 Å². The molecule has 1 unspecified atom stereocenters. The zero-order valence-electron chi connectivity index (χ0n) is 20.0. The first-order valence-corrected chi connectivity index (χ1v) is 11.5. The first-order valence-electron chi connectivity index (χ1n) is 11.5. The summed E-state index contributed by atoms with van der Waals surface area (Å²) in [6.07, 6.45) is 1.08. The Labute approximate surface area is 210 Å². The Balaban J connectivity index is 0.00000363. The number of carbonyl (C=O) groups is 1. The fourth-order valence-corrected chi connectivity index (χ4v) is 3.92. The summed E-state index contributed by atoms with van der Waals surface area (Å²) in [6, 6.07) is 9.01. The number of piperazine rings is 1. The molecule has 2 heterocycles. The summed E-state index contributed by atoms with van der Waals surface area (Å²) in [4.78, 5) is 23.1. The smallest absolute Gasteiger partial charge is 0.243 e. The van der Waals surface area contributed by atoms with E-state index < -0.39 is 0 Å². The summed E-state index contributed by atoms with van der Waals surface area (Å²) in [7, 11) is 3.54. The third-order valence-electron chi connectivity index (χ3n) is 6.16. The molecule has 0 spiro atoms. The van der Waals surface area contributed by atoms with Gasteiger partial charge in [0.1, 0.15) is 6.54 Å². The number of rotatable bonds is 7. The Morgan fingerprint density at radius 1 is 1.19 bits per heavy atom. The van der Waals surface area contributed by atoms with E-state index in [1.807, 2.05) is 0 Å². The van der Waals surface area contributed by atoms with Crippen molar-refractivity contribution in [3.8, 4) is 0 Å². The van der Waals surface area contributed by atoms with Crippen molar-refractivity contribution in [1.29, 1.82) is 0 Å². The Hall–Kier alpha value is -1.39. The second-order valence-corrected chi connectivity index (χ2v) is 9.20. The van der Waals surface area contributed by atoms with Crippen molar-refractivity contribution in [1.82, 2.24) is 20.0 Å². The van der Waals surface area contributed by atoms with Gasteiger partial charge in [-0.2, -0.15) is 0 Å². The van der Waals surface area contributed by atoms with Gasteiger partial charge in [-0.3, -0.25) is 9.69 Å². The fraction of sp³-hybridized carbons (Fsp3) is 0.667. The van der Waals surface area contributed by atoms with E-state index >= 15 is 0 Å². The van der Waals surface area contributed by atoms with E-state index in [-0.39, 0.29) is 36.4 Å². The van der Waals surface area contributed by atoms with Gasteiger partial charge < -0.3 is 19.9 Å². The zero-order chi connectivity index (χ0) is 22.2. The third-order valence-corrected chi connectivity index (χ3v) is 6.16. The number of halogens is 1. The lowest BCUT2D eigenvalue weighted by Gasteiger charge is -2.37. The zero-order valence-corrected chi connectivity index (χ0v) is 22.4. The van der Waals surface area contributed by atoms with Crippen LogP contribution in [0, 0.1) is 5.92 Å². The molecule has 0 bridgehead atoms. The first kappa shape index (κ1) is 26.9. The molecule has 2 fully saturated rings. The number of hydrogen-bond acceptors (Lipinski definition) is 4. The van der Waals surface area contributed by atoms with Crippen LogP contribution in [0.4, 0.5) is 0 Å². The van der Waals surface area contributed by atoms with E-state index in [1.165, 1.54) is 11.1 Å². The molecule has 8 heteroatoms. The molecule has 1 aromatic carbocycles. The maximum absolute atomic E-state index is 12.1. The molecule has 1 amide bonds. The van der Waals surface area contributed by atoms with Crippen molar-refractivity contribution in [2.45, 2.75) is 32.7 Å². The van der Waals surface area contributed by atoms with Crippen LogP contribution in [0.25, 0.3) is 0 Å². The highest BCUT2D eigenvalue weighted by Gasteiger charge is 2.22. The Bertz CT molecular complexity index is 724. The summed E-state index contributed by atoms with van der Waals surface area (Å²) < 4.78 is 5.49. The fourth-order valence-electron chi connectivity index (χ4n) is 3.92. The van der Waals surface area contributed by atoms with Crippen molar-refractivity contribution in [2.75, 3.05) is 66.6 Å². The van der Waals surface area contributed by atoms with Gasteiger partial charge in [-0.25, -0.2) is 4.99 Å². The molecule has 2 aliphatic rings. The average molecular weight is 558 g/mol. The van der Waals surface area contributed by atoms with Gasteiger partial charge in [0.2, 0.25) is 5.91 Å². The largest absolute Gasteiger partial charge is 0.381 e. The number of carbonyl (C=O) groups excluding carboxylic acids is 1. The molecule has 0 saturated carbocycles. The molecular formula is C24H40IN5O2. The third kappa shape index (κ3) is 8.19. The van der Waals surface area contributed by atoms with Crippen LogP contribution >= 0.6 is 24.0 Å². The van der Waals surface area contributed by atoms with Gasteiger partial charge >= 0.3 is 0 Å². The van der Waals surface area contributed by atoms with Crippen molar-refractivity contribution in [3.05, 3.63) is 35.4 Å². The minimum Gasteiger partial charge on any atom is -0.381 e. The summed E-state index contributed by atoms with van der Waals surface area (Å²) in [5, 5.41) is 3.51. The predicted octanol–water partition coefficient (Wildman–Crippen LogP) is 2.62. The number of aliphatic imine (C=N–C) groups is 1. The van der Waals surface area contributed by atoms with Gasteiger partial charge in [0, 0.05) is 65.9 Å². The highest BCUT2D eigenvalue weighted by atomic mass is 127. The molecule has 180 valence electrons. The van der Waals surface area contributed by atoms with Crippen LogP contribution < -0.4 is 5.32 Å². The predicted molar refractivity (Wildman–Crippen MR) is 141 cm³/mol. The van der Waals surface area contributed by atoms with E-state index in [9.17, 15) is 4.79 Å². The second-order valence-electron chi connectivity index (χ2n) is 9.20. The number of nitrogens with zero attached hydrogens (tertiary/aromatic N) is 4. The van der Waals surface area contributed by atoms with Crippen LogP contribution in [0.15, 0.2) is 29.3 Å². The molecular weight excluding hydrogens is 517 g/mol. The van der Waals surface area contributed by atoms with Crippen LogP contribution in [0.2, 0.25) is 0 Å². The van der Waals surface area contributed by atoms with Gasteiger partial charge in [0.25, 0.3) is 0 Å². The van der Waals surface area contributed by atoms with Gasteiger partial charge in [0.15, 0.2) is 5.96 Å². The van der Waals surface area contributed by atoms with Crippen LogP contribution in [-0.4, -0.2) is 93.1 Å². The second kappa shape index (κ2) is 13.3. The lowest BCUT2D eigenvalue weighted by atomic mass is 10.0. The lowest BCUT2D eigenvalue weighted by Crippen LogP contribution is -2.53. The Kier molecular flexibility index (Phi) is 11.2. The number of hydrogen-bond donors (Lipinski definition) is 1.